The predicted molar refractivity (Wildman–Crippen MR) is 97.6 cm³/mol. The second-order valence-electron chi connectivity index (χ2n) is 6.96. The molecule has 144 valence electrons. The first-order chi connectivity index (χ1) is 12.9. The van der Waals surface area contributed by atoms with E-state index in [4.69, 9.17) is 0 Å². The van der Waals surface area contributed by atoms with E-state index in [1.165, 1.54) is 0 Å². The number of nitrogens with zero attached hydrogens (tertiary/aromatic N) is 1. The molecule has 1 aromatic rings. The van der Waals surface area contributed by atoms with Gasteiger partial charge in [-0.1, -0.05) is 31.2 Å². The second kappa shape index (κ2) is 7.38. The number of rotatable bonds is 6. The van der Waals surface area contributed by atoms with Crippen LogP contribution in [0, 0.1) is 0 Å². The van der Waals surface area contributed by atoms with Crippen molar-refractivity contribution in [3.63, 3.8) is 0 Å². The van der Waals surface area contributed by atoms with E-state index in [1.807, 2.05) is 31.2 Å². The van der Waals surface area contributed by atoms with Crippen molar-refractivity contribution < 1.29 is 19.2 Å². The van der Waals surface area contributed by atoms with Crippen LogP contribution in [0.3, 0.4) is 0 Å². The summed E-state index contributed by atoms with van der Waals surface area (Å²) in [6.45, 7) is 3.59. The van der Waals surface area contributed by atoms with Gasteiger partial charge >= 0.3 is 6.03 Å². The maximum atomic E-state index is 13.0. The molecule has 1 aromatic carbocycles. The molecule has 1 fully saturated rings. The first-order valence-corrected chi connectivity index (χ1v) is 9.18. The van der Waals surface area contributed by atoms with Crippen LogP contribution in [0.1, 0.15) is 37.8 Å². The number of nitrogens with one attached hydrogen (secondary N) is 3. The first kappa shape index (κ1) is 18.9. The Morgan fingerprint density at radius 2 is 2.04 bits per heavy atom. The molecule has 3 N–H and O–H groups in total. The highest BCUT2D eigenvalue weighted by molar-refractivity contribution is 6.10. The average Bonchev–Trinajstić information content (AvgIpc) is 3.13. The van der Waals surface area contributed by atoms with Crippen LogP contribution in [0.2, 0.25) is 0 Å². The Hall–Kier alpha value is -2.90. The van der Waals surface area contributed by atoms with Crippen LogP contribution in [-0.4, -0.2) is 47.8 Å². The number of fused-ring (bicyclic) bond motifs is 2. The van der Waals surface area contributed by atoms with Crippen LogP contribution in [0.4, 0.5) is 4.79 Å². The molecule has 8 heteroatoms. The maximum Gasteiger partial charge on any atom is 0.325 e. The van der Waals surface area contributed by atoms with Gasteiger partial charge in [-0.2, -0.15) is 0 Å². The molecule has 1 heterocycles. The zero-order chi connectivity index (χ0) is 19.6. The third-order valence-electron chi connectivity index (χ3n) is 5.04. The molecule has 0 aromatic heterocycles. The standard InChI is InChI=1S/C19H24N4O4/c1-3-10-20-16(25)12(2)21-15(24)11-23-17(26)19(22-18(23)27)9-8-13-6-4-5-7-14(13)19/h4-7,12H,3,8-11H2,1-2H3,(H,20,25)(H,21,24)(H,22,27)/t12-,19+/m1/s1. The highest BCUT2D eigenvalue weighted by Crippen LogP contribution is 2.41. The van der Waals surface area contributed by atoms with Gasteiger partial charge in [-0.15, -0.1) is 0 Å². The third-order valence-corrected chi connectivity index (χ3v) is 5.04. The molecular weight excluding hydrogens is 348 g/mol. The van der Waals surface area contributed by atoms with E-state index in [0.717, 1.165) is 22.4 Å². The lowest BCUT2D eigenvalue weighted by Crippen LogP contribution is -2.49. The molecule has 0 bridgehead atoms. The lowest BCUT2D eigenvalue weighted by Gasteiger charge is -2.22. The van der Waals surface area contributed by atoms with Gasteiger partial charge in [0.05, 0.1) is 0 Å². The fraction of sp³-hybridized carbons (Fsp3) is 0.474. The van der Waals surface area contributed by atoms with E-state index in [-0.39, 0.29) is 5.91 Å². The molecule has 3 rings (SSSR count). The van der Waals surface area contributed by atoms with E-state index < -0.39 is 36.0 Å². The summed E-state index contributed by atoms with van der Waals surface area (Å²) in [6.07, 6.45) is 1.96. The normalized spacial score (nSPS) is 21.8. The van der Waals surface area contributed by atoms with Gasteiger partial charge in [0.25, 0.3) is 5.91 Å². The molecule has 1 aliphatic heterocycles. The molecule has 0 saturated carbocycles. The molecule has 8 nitrogen and oxygen atoms in total. The Bertz CT molecular complexity index is 794. The molecule has 1 saturated heterocycles. The molecule has 2 aliphatic rings. The van der Waals surface area contributed by atoms with E-state index in [1.54, 1.807) is 6.92 Å². The molecule has 0 unspecified atom stereocenters. The topological polar surface area (TPSA) is 108 Å². The number of hydrogen-bond acceptors (Lipinski definition) is 4. The Morgan fingerprint density at radius 1 is 1.30 bits per heavy atom. The Balaban J connectivity index is 1.67. The number of carbonyl (C=O) groups excluding carboxylic acids is 4. The summed E-state index contributed by atoms with van der Waals surface area (Å²) in [5.74, 6) is -1.28. The zero-order valence-electron chi connectivity index (χ0n) is 15.5. The summed E-state index contributed by atoms with van der Waals surface area (Å²) in [7, 11) is 0. The second-order valence-corrected chi connectivity index (χ2v) is 6.96. The number of aryl methyl sites for hydroxylation is 1. The number of imide groups is 1. The lowest BCUT2D eigenvalue weighted by atomic mass is 9.92. The molecular formula is C19H24N4O4. The zero-order valence-corrected chi connectivity index (χ0v) is 15.5. The Labute approximate surface area is 157 Å². The molecule has 2 atom stereocenters. The molecule has 1 aliphatic carbocycles. The summed E-state index contributed by atoms with van der Waals surface area (Å²) < 4.78 is 0. The fourth-order valence-electron chi connectivity index (χ4n) is 3.63. The minimum Gasteiger partial charge on any atom is -0.354 e. The number of carbonyl (C=O) groups is 4. The Morgan fingerprint density at radius 3 is 2.78 bits per heavy atom. The highest BCUT2D eigenvalue weighted by Gasteiger charge is 2.55. The SMILES string of the molecule is CCCNC(=O)[C@@H](C)NC(=O)CN1C(=O)N[C@]2(CCc3ccccc32)C1=O. The number of amides is 5. The summed E-state index contributed by atoms with van der Waals surface area (Å²) in [6, 6.07) is 6.17. The van der Waals surface area contributed by atoms with Crippen LogP contribution in [0.25, 0.3) is 0 Å². The van der Waals surface area contributed by atoms with Crippen LogP contribution < -0.4 is 16.0 Å². The van der Waals surface area contributed by atoms with Gasteiger partial charge in [0, 0.05) is 6.54 Å². The van der Waals surface area contributed by atoms with Gasteiger partial charge in [0.15, 0.2) is 0 Å². The van der Waals surface area contributed by atoms with Gasteiger partial charge in [-0.25, -0.2) is 4.79 Å². The van der Waals surface area contributed by atoms with Crippen molar-refractivity contribution in [2.75, 3.05) is 13.1 Å². The summed E-state index contributed by atoms with van der Waals surface area (Å²) in [5.41, 5.74) is 0.732. The summed E-state index contributed by atoms with van der Waals surface area (Å²) in [5, 5.41) is 7.99. The van der Waals surface area contributed by atoms with Crippen molar-refractivity contribution in [1.29, 1.82) is 0 Å². The first-order valence-electron chi connectivity index (χ1n) is 9.18. The predicted octanol–water partition coefficient (Wildman–Crippen LogP) is 0.411. The quantitative estimate of drug-likeness (QED) is 0.629. The monoisotopic (exact) mass is 372 g/mol. The largest absolute Gasteiger partial charge is 0.354 e. The number of benzene rings is 1. The van der Waals surface area contributed by atoms with Crippen LogP contribution in [0.15, 0.2) is 24.3 Å². The maximum absolute atomic E-state index is 13.0. The molecule has 0 radical (unpaired) electrons. The van der Waals surface area contributed by atoms with Crippen LogP contribution in [0.5, 0.6) is 0 Å². The van der Waals surface area contributed by atoms with Crippen LogP contribution in [-0.2, 0) is 26.3 Å². The van der Waals surface area contributed by atoms with E-state index in [2.05, 4.69) is 16.0 Å². The average molecular weight is 372 g/mol. The minimum absolute atomic E-state index is 0.302. The third kappa shape index (κ3) is 3.39. The lowest BCUT2D eigenvalue weighted by molar-refractivity contribution is -0.136. The summed E-state index contributed by atoms with van der Waals surface area (Å²) in [4.78, 5) is 50.4. The molecule has 27 heavy (non-hydrogen) atoms. The molecule has 1 spiro atoms. The molecule has 5 amide bonds. The van der Waals surface area contributed by atoms with Gasteiger partial charge < -0.3 is 16.0 Å². The van der Waals surface area contributed by atoms with Crippen molar-refractivity contribution in [1.82, 2.24) is 20.9 Å². The van der Waals surface area contributed by atoms with E-state index >= 15 is 0 Å². The van der Waals surface area contributed by atoms with Gasteiger partial charge in [0.1, 0.15) is 18.1 Å². The van der Waals surface area contributed by atoms with Crippen LogP contribution >= 0.6 is 0 Å². The minimum atomic E-state index is -1.09. The van der Waals surface area contributed by atoms with Crippen molar-refractivity contribution in [2.45, 2.75) is 44.7 Å². The highest BCUT2D eigenvalue weighted by atomic mass is 16.2. The van der Waals surface area contributed by atoms with Crippen molar-refractivity contribution in [2.24, 2.45) is 0 Å². The fourth-order valence-corrected chi connectivity index (χ4v) is 3.63. The van der Waals surface area contributed by atoms with Crippen molar-refractivity contribution in [3.05, 3.63) is 35.4 Å². The van der Waals surface area contributed by atoms with E-state index in [9.17, 15) is 19.2 Å². The number of hydrogen-bond donors (Lipinski definition) is 3. The number of urea groups is 1. The van der Waals surface area contributed by atoms with Crippen molar-refractivity contribution in [3.8, 4) is 0 Å². The van der Waals surface area contributed by atoms with Gasteiger partial charge in [-0.05, 0) is 37.3 Å². The van der Waals surface area contributed by atoms with Gasteiger partial charge in [0.2, 0.25) is 11.8 Å². The summed E-state index contributed by atoms with van der Waals surface area (Å²) >= 11 is 0. The van der Waals surface area contributed by atoms with E-state index in [0.29, 0.717) is 19.4 Å². The van der Waals surface area contributed by atoms with Crippen molar-refractivity contribution >= 4 is 23.8 Å². The van der Waals surface area contributed by atoms with Gasteiger partial charge in [-0.3, -0.25) is 19.3 Å². The smallest absolute Gasteiger partial charge is 0.325 e. The Kier molecular flexibility index (Phi) is 5.16.